The summed E-state index contributed by atoms with van der Waals surface area (Å²) in [7, 11) is 0. The molecule has 0 fully saturated rings. The zero-order valence-electron chi connectivity index (χ0n) is 18.6. The topological polar surface area (TPSA) is 58.2 Å². The van der Waals surface area contributed by atoms with E-state index in [-0.39, 0.29) is 17.9 Å². The van der Waals surface area contributed by atoms with E-state index < -0.39 is 0 Å². The minimum absolute atomic E-state index is 0.0355. The Morgan fingerprint density at radius 2 is 1.11 bits per heavy atom. The van der Waals surface area contributed by atoms with E-state index in [9.17, 15) is 9.59 Å². The summed E-state index contributed by atoms with van der Waals surface area (Å²) in [5.74, 6) is 0.962. The van der Waals surface area contributed by atoms with Crippen LogP contribution in [0.5, 0.6) is 0 Å². The molecule has 0 rings (SSSR count). The van der Waals surface area contributed by atoms with Gasteiger partial charge < -0.3 is 10.6 Å². The fourth-order valence-corrected chi connectivity index (χ4v) is 3.21. The molecule has 0 aromatic heterocycles. The minimum atomic E-state index is 0.0355. The Bertz CT molecular complexity index is 367. The first-order valence-corrected chi connectivity index (χ1v) is 11.5. The summed E-state index contributed by atoms with van der Waals surface area (Å²) in [5.41, 5.74) is 0. The van der Waals surface area contributed by atoms with Gasteiger partial charge in [-0.05, 0) is 32.6 Å². The molecular formula is C23H46N2O2. The van der Waals surface area contributed by atoms with E-state index in [1.165, 1.54) is 64.2 Å². The lowest BCUT2D eigenvalue weighted by atomic mass is 10.0. The summed E-state index contributed by atoms with van der Waals surface area (Å²) in [4.78, 5) is 23.2. The van der Waals surface area contributed by atoms with Gasteiger partial charge in [-0.25, -0.2) is 0 Å². The fourth-order valence-electron chi connectivity index (χ4n) is 3.21. The summed E-state index contributed by atoms with van der Waals surface area (Å²) < 4.78 is 0. The minimum Gasteiger partial charge on any atom is -0.356 e. The first-order valence-electron chi connectivity index (χ1n) is 11.5. The molecule has 2 N–H and O–H groups in total. The molecule has 0 heterocycles. The van der Waals surface area contributed by atoms with E-state index in [0.29, 0.717) is 19.3 Å². The van der Waals surface area contributed by atoms with Crippen LogP contribution in [0.15, 0.2) is 0 Å². The maximum atomic E-state index is 11.7. The zero-order valence-corrected chi connectivity index (χ0v) is 18.6. The normalized spacial score (nSPS) is 11.2. The van der Waals surface area contributed by atoms with Gasteiger partial charge in [-0.3, -0.25) is 9.59 Å². The average Bonchev–Trinajstić information content (AvgIpc) is 2.58. The Balaban J connectivity index is 3.25. The van der Waals surface area contributed by atoms with Crippen LogP contribution in [-0.4, -0.2) is 24.4 Å². The van der Waals surface area contributed by atoms with Crippen LogP contribution in [0.2, 0.25) is 0 Å². The third kappa shape index (κ3) is 21.1. The molecule has 160 valence electrons. The van der Waals surface area contributed by atoms with Crippen molar-refractivity contribution in [3.05, 3.63) is 0 Å². The largest absolute Gasteiger partial charge is 0.356 e. The van der Waals surface area contributed by atoms with Crippen molar-refractivity contribution in [2.45, 2.75) is 124 Å². The van der Waals surface area contributed by atoms with Gasteiger partial charge in [-0.15, -0.1) is 0 Å². The second-order valence-corrected chi connectivity index (χ2v) is 8.64. The van der Waals surface area contributed by atoms with Crippen LogP contribution in [0.25, 0.3) is 0 Å². The highest BCUT2D eigenvalue weighted by Gasteiger charge is 2.05. The third-order valence-corrected chi connectivity index (χ3v) is 4.79. The van der Waals surface area contributed by atoms with Crippen molar-refractivity contribution in [1.82, 2.24) is 10.6 Å². The van der Waals surface area contributed by atoms with E-state index in [4.69, 9.17) is 0 Å². The first-order chi connectivity index (χ1) is 12.9. The summed E-state index contributed by atoms with van der Waals surface area (Å²) in [5, 5.41) is 5.81. The molecule has 0 saturated carbocycles. The second kappa shape index (κ2) is 18.3. The number of carbonyl (C=O) groups is 2. The van der Waals surface area contributed by atoms with Crippen molar-refractivity contribution in [1.29, 1.82) is 0 Å². The molecule has 27 heavy (non-hydrogen) atoms. The molecule has 0 saturated heterocycles. The van der Waals surface area contributed by atoms with E-state index in [0.717, 1.165) is 18.9 Å². The number of hydrogen-bond donors (Lipinski definition) is 2. The molecule has 2 amide bonds. The number of carbonyl (C=O) groups excluding carboxylic acids is 2. The van der Waals surface area contributed by atoms with E-state index in [1.54, 1.807) is 0 Å². The van der Waals surface area contributed by atoms with Gasteiger partial charge >= 0.3 is 0 Å². The van der Waals surface area contributed by atoms with Gasteiger partial charge in [0.2, 0.25) is 11.8 Å². The van der Waals surface area contributed by atoms with Crippen molar-refractivity contribution in [2.24, 2.45) is 5.92 Å². The highest BCUT2D eigenvalue weighted by atomic mass is 16.2. The van der Waals surface area contributed by atoms with Crippen molar-refractivity contribution >= 4 is 11.8 Å². The molecule has 4 nitrogen and oxygen atoms in total. The van der Waals surface area contributed by atoms with Gasteiger partial charge in [-0.2, -0.15) is 0 Å². The number of amides is 2. The Morgan fingerprint density at radius 1 is 0.630 bits per heavy atom. The van der Waals surface area contributed by atoms with Gasteiger partial charge in [0.05, 0.1) is 0 Å². The number of nitrogens with one attached hydrogen (secondary N) is 2. The number of unbranched alkanes of at least 4 members (excludes halogenated alkanes) is 9. The lowest BCUT2D eigenvalue weighted by Crippen LogP contribution is -2.30. The molecule has 0 bridgehead atoms. The van der Waals surface area contributed by atoms with Gasteiger partial charge in [0.25, 0.3) is 0 Å². The van der Waals surface area contributed by atoms with Crippen LogP contribution in [0.1, 0.15) is 118 Å². The molecule has 0 atom stereocenters. The standard InChI is InChI=1S/C23H46N2O2/c1-20(2)16-13-11-9-7-5-6-8-10-12-14-19-24-22(26)17-15-18-23(27)25-21(3)4/h20-21H,5-19H2,1-4H3,(H,24,26)(H,25,27). The van der Waals surface area contributed by atoms with Crippen LogP contribution in [0, 0.1) is 5.92 Å². The van der Waals surface area contributed by atoms with Gasteiger partial charge in [0.1, 0.15) is 0 Å². The monoisotopic (exact) mass is 382 g/mol. The van der Waals surface area contributed by atoms with Crippen LogP contribution in [0.4, 0.5) is 0 Å². The quantitative estimate of drug-likeness (QED) is 0.297. The maximum absolute atomic E-state index is 11.7. The molecule has 0 radical (unpaired) electrons. The molecular weight excluding hydrogens is 336 g/mol. The van der Waals surface area contributed by atoms with E-state index in [1.807, 2.05) is 13.8 Å². The molecule has 0 spiro atoms. The van der Waals surface area contributed by atoms with Crippen molar-refractivity contribution in [2.75, 3.05) is 6.54 Å². The highest BCUT2D eigenvalue weighted by molar-refractivity contribution is 5.78. The van der Waals surface area contributed by atoms with Crippen molar-refractivity contribution < 1.29 is 9.59 Å². The van der Waals surface area contributed by atoms with Crippen molar-refractivity contribution in [3.63, 3.8) is 0 Å². The Hall–Kier alpha value is -1.06. The van der Waals surface area contributed by atoms with Crippen molar-refractivity contribution in [3.8, 4) is 0 Å². The van der Waals surface area contributed by atoms with Gasteiger partial charge in [0.15, 0.2) is 0 Å². The summed E-state index contributed by atoms with van der Waals surface area (Å²) >= 11 is 0. The Morgan fingerprint density at radius 3 is 1.63 bits per heavy atom. The maximum Gasteiger partial charge on any atom is 0.220 e. The molecule has 0 aromatic rings. The smallest absolute Gasteiger partial charge is 0.220 e. The fraction of sp³-hybridized carbons (Fsp3) is 0.913. The highest BCUT2D eigenvalue weighted by Crippen LogP contribution is 2.13. The number of hydrogen-bond acceptors (Lipinski definition) is 2. The van der Waals surface area contributed by atoms with E-state index in [2.05, 4.69) is 24.5 Å². The lowest BCUT2D eigenvalue weighted by Gasteiger charge is -2.08. The summed E-state index contributed by atoms with van der Waals surface area (Å²) in [6.07, 6.45) is 16.1. The number of rotatable bonds is 18. The summed E-state index contributed by atoms with van der Waals surface area (Å²) in [6, 6.07) is 0.168. The third-order valence-electron chi connectivity index (χ3n) is 4.79. The Kier molecular flexibility index (Phi) is 17.6. The first kappa shape index (κ1) is 25.9. The zero-order chi connectivity index (χ0) is 20.3. The predicted octanol–water partition coefficient (Wildman–Crippen LogP) is 5.74. The molecule has 4 heteroatoms. The van der Waals surface area contributed by atoms with Gasteiger partial charge in [0, 0.05) is 25.4 Å². The van der Waals surface area contributed by atoms with E-state index >= 15 is 0 Å². The average molecular weight is 383 g/mol. The molecule has 0 aliphatic carbocycles. The predicted molar refractivity (Wildman–Crippen MR) is 116 cm³/mol. The molecule has 0 aromatic carbocycles. The molecule has 0 aliphatic rings. The SMILES string of the molecule is CC(C)CCCCCCCCCCCCNC(=O)CCCC(=O)NC(C)C. The Labute approximate surface area is 168 Å². The molecule has 0 aliphatic heterocycles. The lowest BCUT2D eigenvalue weighted by molar-refractivity contribution is -0.122. The van der Waals surface area contributed by atoms with Crippen LogP contribution in [-0.2, 0) is 9.59 Å². The van der Waals surface area contributed by atoms with Crippen LogP contribution in [0.3, 0.4) is 0 Å². The van der Waals surface area contributed by atoms with Gasteiger partial charge in [-0.1, -0.05) is 78.1 Å². The second-order valence-electron chi connectivity index (χ2n) is 8.64. The summed E-state index contributed by atoms with van der Waals surface area (Å²) in [6.45, 7) is 9.27. The van der Waals surface area contributed by atoms with Crippen LogP contribution >= 0.6 is 0 Å². The van der Waals surface area contributed by atoms with Crippen LogP contribution < -0.4 is 10.6 Å². The molecule has 0 unspecified atom stereocenters.